The molecule has 0 atom stereocenters. The molecule has 0 radical (unpaired) electrons. The Morgan fingerprint density at radius 3 is 2.67 bits per heavy atom. The second-order valence-corrected chi connectivity index (χ2v) is 2.64. The standard InChI is InChI=1S/C10H9FN2O2/c11-8-3-1-2-4-9(8)13-6-7(5-12)10(14)15/h1-6H,12H2,(H,14,15). The molecule has 3 N–H and O–H groups in total. The predicted molar refractivity (Wildman–Crippen MR) is 54.5 cm³/mol. The predicted octanol–water partition coefficient (Wildman–Crippen LogP) is 1.46. The van der Waals surface area contributed by atoms with Gasteiger partial charge in [0.05, 0.1) is 11.3 Å². The molecule has 0 aliphatic heterocycles. The van der Waals surface area contributed by atoms with E-state index in [9.17, 15) is 9.18 Å². The van der Waals surface area contributed by atoms with Crippen molar-refractivity contribution in [3.05, 3.63) is 41.9 Å². The van der Waals surface area contributed by atoms with Crippen molar-refractivity contribution in [2.75, 3.05) is 0 Å². The number of rotatable bonds is 3. The topological polar surface area (TPSA) is 75.7 Å². The van der Waals surface area contributed by atoms with Crippen molar-refractivity contribution in [2.45, 2.75) is 0 Å². The summed E-state index contributed by atoms with van der Waals surface area (Å²) in [6.07, 6.45) is 1.90. The molecule has 0 unspecified atom stereocenters. The summed E-state index contributed by atoms with van der Waals surface area (Å²) in [7, 11) is 0. The number of halogens is 1. The van der Waals surface area contributed by atoms with E-state index in [0.717, 1.165) is 12.4 Å². The Kier molecular flexibility index (Phi) is 3.56. The number of aliphatic carboxylic acids is 1. The Bertz CT molecular complexity index is 427. The first kappa shape index (κ1) is 10.9. The van der Waals surface area contributed by atoms with Gasteiger partial charge >= 0.3 is 5.97 Å². The van der Waals surface area contributed by atoms with E-state index in [1.165, 1.54) is 18.2 Å². The first-order valence-corrected chi connectivity index (χ1v) is 4.09. The number of aliphatic imine (C=N–C) groups is 1. The zero-order valence-corrected chi connectivity index (χ0v) is 7.72. The maximum Gasteiger partial charge on any atom is 0.338 e. The molecule has 0 aliphatic carbocycles. The zero-order valence-electron chi connectivity index (χ0n) is 7.72. The average molecular weight is 208 g/mol. The Morgan fingerprint density at radius 2 is 2.13 bits per heavy atom. The fourth-order valence-corrected chi connectivity index (χ4v) is 0.865. The van der Waals surface area contributed by atoms with Gasteiger partial charge in [-0.15, -0.1) is 0 Å². The van der Waals surface area contributed by atoms with Crippen LogP contribution in [-0.4, -0.2) is 17.3 Å². The summed E-state index contributed by atoms with van der Waals surface area (Å²) < 4.78 is 13.0. The van der Waals surface area contributed by atoms with Crippen molar-refractivity contribution < 1.29 is 14.3 Å². The van der Waals surface area contributed by atoms with E-state index in [0.29, 0.717) is 0 Å². The maximum absolute atomic E-state index is 13.0. The number of para-hydroxylation sites is 1. The van der Waals surface area contributed by atoms with Gasteiger partial charge in [0.2, 0.25) is 0 Å². The lowest BCUT2D eigenvalue weighted by molar-refractivity contribution is -0.132. The van der Waals surface area contributed by atoms with Crippen LogP contribution >= 0.6 is 0 Å². The molecule has 5 heteroatoms. The smallest absolute Gasteiger partial charge is 0.338 e. The lowest BCUT2D eigenvalue weighted by atomic mass is 10.3. The van der Waals surface area contributed by atoms with Crippen LogP contribution in [0.15, 0.2) is 41.0 Å². The molecule has 0 aliphatic rings. The third kappa shape index (κ3) is 2.91. The summed E-state index contributed by atoms with van der Waals surface area (Å²) in [5, 5.41) is 8.59. The van der Waals surface area contributed by atoms with Gasteiger partial charge in [-0.25, -0.2) is 9.18 Å². The van der Waals surface area contributed by atoms with Crippen LogP contribution in [0.25, 0.3) is 0 Å². The second kappa shape index (κ2) is 4.90. The van der Waals surface area contributed by atoms with Crippen LogP contribution in [0.4, 0.5) is 10.1 Å². The van der Waals surface area contributed by atoms with Crippen LogP contribution in [-0.2, 0) is 4.79 Å². The summed E-state index contributed by atoms with van der Waals surface area (Å²) in [4.78, 5) is 14.2. The number of carboxylic acids is 1. The maximum atomic E-state index is 13.0. The van der Waals surface area contributed by atoms with Gasteiger partial charge in [-0.3, -0.25) is 4.99 Å². The Balaban J connectivity index is 2.91. The fourth-order valence-electron chi connectivity index (χ4n) is 0.865. The van der Waals surface area contributed by atoms with Crippen molar-refractivity contribution >= 4 is 17.9 Å². The van der Waals surface area contributed by atoms with E-state index >= 15 is 0 Å². The minimum atomic E-state index is -1.21. The van der Waals surface area contributed by atoms with E-state index in [1.54, 1.807) is 6.07 Å². The van der Waals surface area contributed by atoms with Crippen molar-refractivity contribution in [1.29, 1.82) is 0 Å². The molecule has 0 heterocycles. The summed E-state index contributed by atoms with van der Waals surface area (Å²) >= 11 is 0. The number of benzene rings is 1. The van der Waals surface area contributed by atoms with Crippen LogP contribution in [0, 0.1) is 5.82 Å². The third-order valence-corrected chi connectivity index (χ3v) is 1.62. The number of hydrogen-bond donors (Lipinski definition) is 2. The van der Waals surface area contributed by atoms with Gasteiger partial charge in [0, 0.05) is 12.4 Å². The van der Waals surface area contributed by atoms with E-state index < -0.39 is 11.8 Å². The Labute approximate surface area is 85.6 Å². The molecule has 0 saturated carbocycles. The van der Waals surface area contributed by atoms with E-state index in [4.69, 9.17) is 10.8 Å². The lowest BCUT2D eigenvalue weighted by Gasteiger charge is -1.95. The summed E-state index contributed by atoms with van der Waals surface area (Å²) in [6.45, 7) is 0. The first-order valence-electron chi connectivity index (χ1n) is 4.09. The molecule has 1 aromatic carbocycles. The van der Waals surface area contributed by atoms with Crippen LogP contribution in [0.1, 0.15) is 0 Å². The van der Waals surface area contributed by atoms with E-state index in [-0.39, 0.29) is 11.3 Å². The molecule has 0 amide bonds. The highest BCUT2D eigenvalue weighted by atomic mass is 19.1. The van der Waals surface area contributed by atoms with Crippen LogP contribution in [0.3, 0.4) is 0 Å². The molecule has 78 valence electrons. The number of hydrogen-bond acceptors (Lipinski definition) is 3. The van der Waals surface area contributed by atoms with Gasteiger partial charge in [0.15, 0.2) is 0 Å². The third-order valence-electron chi connectivity index (χ3n) is 1.62. The molecule has 0 saturated heterocycles. The quantitative estimate of drug-likeness (QED) is 0.583. The molecular weight excluding hydrogens is 199 g/mol. The van der Waals surface area contributed by atoms with Gasteiger partial charge in [-0.2, -0.15) is 0 Å². The molecule has 0 spiro atoms. The lowest BCUT2D eigenvalue weighted by Crippen LogP contribution is -2.04. The van der Waals surface area contributed by atoms with Gasteiger partial charge in [0.25, 0.3) is 0 Å². The van der Waals surface area contributed by atoms with Gasteiger partial charge in [-0.05, 0) is 12.1 Å². The normalized spacial score (nSPS) is 11.9. The summed E-state index contributed by atoms with van der Waals surface area (Å²) in [5.41, 5.74) is 4.92. The van der Waals surface area contributed by atoms with Crippen molar-refractivity contribution in [2.24, 2.45) is 10.7 Å². The van der Waals surface area contributed by atoms with Crippen molar-refractivity contribution in [3.8, 4) is 0 Å². The minimum Gasteiger partial charge on any atom is -0.478 e. The molecule has 1 rings (SSSR count). The van der Waals surface area contributed by atoms with Gasteiger partial charge in [-0.1, -0.05) is 12.1 Å². The van der Waals surface area contributed by atoms with Crippen molar-refractivity contribution in [1.82, 2.24) is 0 Å². The zero-order chi connectivity index (χ0) is 11.3. The van der Waals surface area contributed by atoms with Crippen LogP contribution in [0.5, 0.6) is 0 Å². The van der Waals surface area contributed by atoms with Gasteiger partial charge < -0.3 is 10.8 Å². The highest BCUT2D eigenvalue weighted by Crippen LogP contribution is 2.15. The summed E-state index contributed by atoms with van der Waals surface area (Å²) in [6, 6.07) is 5.79. The Hall–Kier alpha value is -2.17. The molecule has 0 bridgehead atoms. The average Bonchev–Trinajstić information content (AvgIpc) is 2.21. The van der Waals surface area contributed by atoms with Crippen LogP contribution < -0.4 is 5.73 Å². The summed E-state index contributed by atoms with van der Waals surface area (Å²) in [5.74, 6) is -1.73. The van der Waals surface area contributed by atoms with Gasteiger partial charge in [0.1, 0.15) is 5.82 Å². The molecule has 0 aromatic heterocycles. The van der Waals surface area contributed by atoms with Crippen LogP contribution in [0.2, 0.25) is 0 Å². The number of nitrogens with zero attached hydrogens (tertiary/aromatic N) is 1. The SMILES string of the molecule is NC=C(C=Nc1ccccc1F)C(=O)O. The monoisotopic (exact) mass is 208 g/mol. The largest absolute Gasteiger partial charge is 0.478 e. The molecule has 1 aromatic rings. The molecule has 0 fully saturated rings. The number of carboxylic acid groups (broad SMARTS) is 1. The highest BCUT2D eigenvalue weighted by molar-refractivity contribution is 6.08. The van der Waals surface area contributed by atoms with Crippen molar-refractivity contribution in [3.63, 3.8) is 0 Å². The first-order chi connectivity index (χ1) is 7.15. The number of carbonyl (C=O) groups is 1. The molecule has 15 heavy (non-hydrogen) atoms. The molecular formula is C10H9FN2O2. The fraction of sp³-hybridized carbons (Fsp3) is 0. The van der Waals surface area contributed by atoms with E-state index in [1.807, 2.05) is 0 Å². The second-order valence-electron chi connectivity index (χ2n) is 2.64. The van der Waals surface area contributed by atoms with E-state index in [2.05, 4.69) is 4.99 Å². The number of nitrogens with two attached hydrogens (primary N) is 1. The highest BCUT2D eigenvalue weighted by Gasteiger charge is 2.03. The minimum absolute atomic E-state index is 0.0677. The molecule has 4 nitrogen and oxygen atoms in total. The Morgan fingerprint density at radius 1 is 1.47 bits per heavy atom.